The molecule has 1 unspecified atom stereocenters. The Morgan fingerprint density at radius 3 is 2.00 bits per heavy atom. The molecule has 0 saturated heterocycles. The van der Waals surface area contributed by atoms with E-state index in [1.165, 1.54) is 5.56 Å². The van der Waals surface area contributed by atoms with Crippen molar-refractivity contribution in [3.63, 3.8) is 0 Å². The molecule has 21 heavy (non-hydrogen) atoms. The smallest absolute Gasteiger partial charge is 0.119 e. The zero-order valence-electron chi connectivity index (χ0n) is 14.9. The van der Waals surface area contributed by atoms with Crippen molar-refractivity contribution >= 4 is 0 Å². The van der Waals surface area contributed by atoms with Gasteiger partial charge in [0.25, 0.3) is 0 Å². The maximum Gasteiger partial charge on any atom is 0.119 e. The highest BCUT2D eigenvalue weighted by molar-refractivity contribution is 5.30. The Labute approximate surface area is 131 Å². The molecule has 0 heterocycles. The summed E-state index contributed by atoms with van der Waals surface area (Å²) in [5.41, 5.74) is 1.55. The van der Waals surface area contributed by atoms with Gasteiger partial charge in [-0.15, -0.1) is 0 Å². The minimum Gasteiger partial charge on any atom is -0.493 e. The quantitative estimate of drug-likeness (QED) is 0.775. The van der Waals surface area contributed by atoms with Crippen molar-refractivity contribution in [3.05, 3.63) is 29.8 Å². The first-order valence-corrected chi connectivity index (χ1v) is 8.17. The van der Waals surface area contributed by atoms with Crippen molar-refractivity contribution < 1.29 is 4.74 Å². The molecule has 0 saturated carbocycles. The fraction of sp³-hybridized carbons (Fsp3) is 0.684. The van der Waals surface area contributed by atoms with Gasteiger partial charge in [-0.2, -0.15) is 0 Å². The number of hydrogen-bond acceptors (Lipinski definition) is 2. The van der Waals surface area contributed by atoms with E-state index in [0.29, 0.717) is 17.8 Å². The highest BCUT2D eigenvalue weighted by Crippen LogP contribution is 2.26. The lowest BCUT2D eigenvalue weighted by Crippen LogP contribution is -2.39. The molecule has 0 fully saturated rings. The van der Waals surface area contributed by atoms with Gasteiger partial charge in [-0.3, -0.25) is 0 Å². The number of benzene rings is 1. The summed E-state index contributed by atoms with van der Waals surface area (Å²) in [7, 11) is 0. The largest absolute Gasteiger partial charge is 0.493 e. The summed E-state index contributed by atoms with van der Waals surface area (Å²) in [6.07, 6.45) is 0. The summed E-state index contributed by atoms with van der Waals surface area (Å²) in [6.45, 7) is 17.3. The van der Waals surface area contributed by atoms with Crippen LogP contribution in [0.25, 0.3) is 0 Å². The van der Waals surface area contributed by atoms with Crippen LogP contribution in [0.15, 0.2) is 24.3 Å². The molecule has 1 aromatic rings. The third kappa shape index (κ3) is 6.99. The van der Waals surface area contributed by atoms with Gasteiger partial charge in [0.1, 0.15) is 5.75 Å². The molecule has 0 aliphatic carbocycles. The van der Waals surface area contributed by atoms with E-state index < -0.39 is 0 Å². The third-order valence-electron chi connectivity index (χ3n) is 3.55. The summed E-state index contributed by atoms with van der Waals surface area (Å²) in [5.74, 6) is 2.67. The predicted molar refractivity (Wildman–Crippen MR) is 92.1 cm³/mol. The maximum atomic E-state index is 5.76. The van der Waals surface area contributed by atoms with Gasteiger partial charge in [-0.1, -0.05) is 39.8 Å². The number of hydrogen-bond donors (Lipinski definition) is 1. The van der Waals surface area contributed by atoms with Crippen LogP contribution in [0.5, 0.6) is 5.75 Å². The van der Waals surface area contributed by atoms with Gasteiger partial charge in [-0.05, 0) is 56.2 Å². The normalized spacial score (nSPS) is 13.8. The van der Waals surface area contributed by atoms with Gasteiger partial charge in [0.05, 0.1) is 6.61 Å². The second kappa shape index (κ2) is 7.84. The Morgan fingerprint density at radius 1 is 1.00 bits per heavy atom. The fourth-order valence-corrected chi connectivity index (χ4v) is 2.23. The first-order valence-electron chi connectivity index (χ1n) is 8.17. The third-order valence-corrected chi connectivity index (χ3v) is 3.55. The summed E-state index contributed by atoms with van der Waals surface area (Å²) in [4.78, 5) is 0. The molecule has 0 aliphatic heterocycles. The molecule has 2 heteroatoms. The van der Waals surface area contributed by atoms with Crippen LogP contribution in [0.4, 0.5) is 0 Å². The summed E-state index contributed by atoms with van der Waals surface area (Å²) < 4.78 is 5.76. The van der Waals surface area contributed by atoms with Gasteiger partial charge in [0, 0.05) is 12.1 Å². The molecule has 1 atom stereocenters. The first-order chi connectivity index (χ1) is 9.69. The topological polar surface area (TPSA) is 21.3 Å². The van der Waals surface area contributed by atoms with Crippen LogP contribution < -0.4 is 10.1 Å². The molecule has 1 aromatic carbocycles. The van der Waals surface area contributed by atoms with Crippen molar-refractivity contribution in [2.75, 3.05) is 13.2 Å². The monoisotopic (exact) mass is 291 g/mol. The average Bonchev–Trinajstić information content (AvgIpc) is 2.36. The second-order valence-corrected chi connectivity index (χ2v) is 7.76. The molecule has 0 aromatic heterocycles. The van der Waals surface area contributed by atoms with E-state index in [1.807, 2.05) is 0 Å². The van der Waals surface area contributed by atoms with Crippen LogP contribution in [0.2, 0.25) is 0 Å². The Balaban J connectivity index is 2.71. The lowest BCUT2D eigenvalue weighted by atomic mass is 9.87. The molecule has 2 nitrogen and oxygen atoms in total. The zero-order chi connectivity index (χ0) is 16.0. The minimum absolute atomic E-state index is 0.160. The van der Waals surface area contributed by atoms with E-state index >= 15 is 0 Å². The van der Waals surface area contributed by atoms with E-state index in [2.05, 4.69) is 78.0 Å². The molecule has 0 bridgehead atoms. The maximum absolute atomic E-state index is 5.76. The number of ether oxygens (including phenoxy) is 1. The van der Waals surface area contributed by atoms with Gasteiger partial charge in [0.15, 0.2) is 0 Å². The average molecular weight is 291 g/mol. The molecule has 1 N–H and O–H groups in total. The molecule has 0 aliphatic rings. The van der Waals surface area contributed by atoms with E-state index in [-0.39, 0.29) is 5.54 Å². The Bertz CT molecular complexity index is 401. The second-order valence-electron chi connectivity index (χ2n) is 7.76. The Kier molecular flexibility index (Phi) is 6.73. The van der Waals surface area contributed by atoms with Crippen molar-refractivity contribution in [3.8, 4) is 5.75 Å². The summed E-state index contributed by atoms with van der Waals surface area (Å²) in [5, 5.41) is 3.63. The predicted octanol–water partition coefficient (Wildman–Crippen LogP) is 4.85. The van der Waals surface area contributed by atoms with Crippen molar-refractivity contribution in [2.24, 2.45) is 11.8 Å². The number of nitrogens with one attached hydrogen (secondary N) is 1. The minimum atomic E-state index is 0.160. The van der Waals surface area contributed by atoms with Crippen molar-refractivity contribution in [1.29, 1.82) is 0 Å². The first kappa shape index (κ1) is 18.0. The van der Waals surface area contributed by atoms with Crippen molar-refractivity contribution in [1.82, 2.24) is 5.32 Å². The molecular weight excluding hydrogens is 258 g/mol. The standard InChI is InChI=1S/C19H33NO/c1-14(2)13-21-17-10-8-16(9-11-17)18(15(3)4)12-20-19(5,6)7/h8-11,14-15,18,20H,12-13H2,1-7H3. The summed E-state index contributed by atoms with van der Waals surface area (Å²) in [6, 6.07) is 8.63. The highest BCUT2D eigenvalue weighted by atomic mass is 16.5. The zero-order valence-corrected chi connectivity index (χ0v) is 14.9. The van der Waals surface area contributed by atoms with E-state index in [0.717, 1.165) is 18.9 Å². The summed E-state index contributed by atoms with van der Waals surface area (Å²) >= 11 is 0. The van der Waals surface area contributed by atoms with Gasteiger partial charge < -0.3 is 10.1 Å². The SMILES string of the molecule is CC(C)COc1ccc(C(CNC(C)(C)C)C(C)C)cc1. The molecular formula is C19H33NO. The lowest BCUT2D eigenvalue weighted by molar-refractivity contribution is 0.271. The van der Waals surface area contributed by atoms with Crippen LogP contribution >= 0.6 is 0 Å². The van der Waals surface area contributed by atoms with E-state index in [9.17, 15) is 0 Å². The molecule has 0 amide bonds. The number of rotatable bonds is 7. The molecule has 0 spiro atoms. The Hall–Kier alpha value is -1.02. The van der Waals surface area contributed by atoms with Crippen LogP contribution in [-0.2, 0) is 0 Å². The van der Waals surface area contributed by atoms with Crippen LogP contribution in [-0.4, -0.2) is 18.7 Å². The molecule has 120 valence electrons. The molecule has 1 rings (SSSR count). The lowest BCUT2D eigenvalue weighted by Gasteiger charge is -2.28. The fourth-order valence-electron chi connectivity index (χ4n) is 2.23. The van der Waals surface area contributed by atoms with Crippen molar-refractivity contribution in [2.45, 2.75) is 59.9 Å². The van der Waals surface area contributed by atoms with Crippen LogP contribution in [0.3, 0.4) is 0 Å². The molecule has 0 radical (unpaired) electrons. The van der Waals surface area contributed by atoms with E-state index in [4.69, 9.17) is 4.74 Å². The van der Waals surface area contributed by atoms with Gasteiger partial charge in [-0.25, -0.2) is 0 Å². The van der Waals surface area contributed by atoms with Gasteiger partial charge in [0.2, 0.25) is 0 Å². The Morgan fingerprint density at radius 2 is 1.57 bits per heavy atom. The van der Waals surface area contributed by atoms with Gasteiger partial charge >= 0.3 is 0 Å². The van der Waals surface area contributed by atoms with E-state index in [1.54, 1.807) is 0 Å². The van der Waals surface area contributed by atoms with Crippen LogP contribution in [0, 0.1) is 11.8 Å². The highest BCUT2D eigenvalue weighted by Gasteiger charge is 2.19. The van der Waals surface area contributed by atoms with Crippen LogP contribution in [0.1, 0.15) is 59.9 Å².